The molecule has 2 heterocycles. The zero-order valence-corrected chi connectivity index (χ0v) is 13.3. The Bertz CT molecular complexity index is 876. The number of ether oxygens (including phenoxy) is 1. The number of halogens is 1. The molecule has 3 rings (SSSR count). The molecule has 0 fully saturated rings. The monoisotopic (exact) mass is 349 g/mol. The Morgan fingerprint density at radius 1 is 1.46 bits per heavy atom. The molecule has 10 heteroatoms. The molecule has 0 saturated carbocycles. The molecule has 0 aliphatic rings. The average Bonchev–Trinajstić information content (AvgIpc) is 3.22. The molecule has 0 bridgehead atoms. The van der Waals surface area contributed by atoms with Gasteiger partial charge >= 0.3 is 5.69 Å². The van der Waals surface area contributed by atoms with Crippen LogP contribution in [0.4, 0.5) is 5.69 Å². The van der Waals surface area contributed by atoms with Gasteiger partial charge in [0.1, 0.15) is 18.1 Å². The number of nitro groups is 1. The molecule has 0 amide bonds. The first-order chi connectivity index (χ1) is 11.6. The summed E-state index contributed by atoms with van der Waals surface area (Å²) in [6.07, 6.45) is 2.92. The van der Waals surface area contributed by atoms with Crippen molar-refractivity contribution in [1.29, 1.82) is 0 Å². The summed E-state index contributed by atoms with van der Waals surface area (Å²) < 4.78 is 11.9. The van der Waals surface area contributed by atoms with E-state index >= 15 is 0 Å². The Morgan fingerprint density at radius 2 is 2.29 bits per heavy atom. The van der Waals surface area contributed by atoms with Gasteiger partial charge < -0.3 is 9.26 Å². The van der Waals surface area contributed by atoms with E-state index in [2.05, 4.69) is 15.2 Å². The number of benzene rings is 1. The highest BCUT2D eigenvalue weighted by atomic mass is 35.5. The van der Waals surface area contributed by atoms with Crippen LogP contribution in [-0.4, -0.2) is 32.0 Å². The van der Waals surface area contributed by atoms with Crippen molar-refractivity contribution >= 4 is 17.3 Å². The summed E-state index contributed by atoms with van der Waals surface area (Å²) in [5.74, 6) is 1.32. The van der Waals surface area contributed by atoms with E-state index in [9.17, 15) is 10.1 Å². The van der Waals surface area contributed by atoms with Crippen LogP contribution in [0.25, 0.3) is 11.4 Å². The maximum Gasteiger partial charge on any atom is 0.306 e. The molecule has 0 unspecified atom stereocenters. The third kappa shape index (κ3) is 3.35. The highest BCUT2D eigenvalue weighted by Crippen LogP contribution is 2.30. The molecule has 0 aliphatic heterocycles. The second-order valence-electron chi connectivity index (χ2n) is 4.83. The molecule has 24 heavy (non-hydrogen) atoms. The molecule has 9 nitrogen and oxygen atoms in total. The zero-order valence-electron chi connectivity index (χ0n) is 12.5. The van der Waals surface area contributed by atoms with E-state index in [1.165, 1.54) is 17.1 Å². The fourth-order valence-corrected chi connectivity index (χ4v) is 2.27. The molecule has 1 aromatic carbocycles. The molecule has 3 aromatic rings. The first kappa shape index (κ1) is 15.9. The van der Waals surface area contributed by atoms with E-state index in [1.807, 2.05) is 0 Å². The average molecular weight is 350 g/mol. The van der Waals surface area contributed by atoms with Crippen LogP contribution in [0.5, 0.6) is 5.75 Å². The van der Waals surface area contributed by atoms with Gasteiger partial charge in [-0.1, -0.05) is 16.8 Å². The first-order valence-corrected chi connectivity index (χ1v) is 7.28. The Kier molecular flexibility index (Phi) is 4.43. The summed E-state index contributed by atoms with van der Waals surface area (Å²) in [6, 6.07) is 5.11. The molecule has 0 atom stereocenters. The molecule has 0 N–H and O–H groups in total. The Morgan fingerprint density at radius 3 is 3.00 bits per heavy atom. The van der Waals surface area contributed by atoms with Gasteiger partial charge in [-0.15, -0.1) is 0 Å². The highest BCUT2D eigenvalue weighted by molar-refractivity contribution is 6.30. The predicted molar refractivity (Wildman–Crippen MR) is 83.9 cm³/mol. The highest BCUT2D eigenvalue weighted by Gasteiger charge is 2.15. The minimum absolute atomic E-state index is 0.0649. The lowest BCUT2D eigenvalue weighted by molar-refractivity contribution is -0.385. The van der Waals surface area contributed by atoms with Gasteiger partial charge in [0, 0.05) is 18.0 Å². The molecule has 0 saturated heterocycles. The Labute approximate surface area is 141 Å². The van der Waals surface area contributed by atoms with Crippen molar-refractivity contribution in [3.63, 3.8) is 0 Å². The van der Waals surface area contributed by atoms with Gasteiger partial charge in [-0.2, -0.15) is 10.1 Å². The second-order valence-corrected chi connectivity index (χ2v) is 5.26. The maximum absolute atomic E-state index is 10.6. The molecule has 0 radical (unpaired) electrons. The number of nitrogens with zero attached hydrogens (tertiary/aromatic N) is 5. The lowest BCUT2D eigenvalue weighted by atomic mass is 10.2. The van der Waals surface area contributed by atoms with Gasteiger partial charge in [0.25, 0.3) is 0 Å². The summed E-state index contributed by atoms with van der Waals surface area (Å²) in [5.41, 5.74) is 0.555. The minimum Gasteiger partial charge on any atom is -0.496 e. The van der Waals surface area contributed by atoms with Crippen molar-refractivity contribution in [1.82, 2.24) is 19.9 Å². The third-order valence-electron chi connectivity index (χ3n) is 3.26. The number of hydrogen-bond acceptors (Lipinski definition) is 7. The largest absolute Gasteiger partial charge is 0.496 e. The smallest absolute Gasteiger partial charge is 0.306 e. The number of rotatable bonds is 6. The lowest BCUT2D eigenvalue weighted by Crippen LogP contribution is -2.01. The van der Waals surface area contributed by atoms with Crippen LogP contribution in [0, 0.1) is 10.1 Å². The van der Waals surface area contributed by atoms with Gasteiger partial charge in [0.15, 0.2) is 0 Å². The van der Waals surface area contributed by atoms with Crippen molar-refractivity contribution in [2.24, 2.45) is 0 Å². The molecule has 0 spiro atoms. The van der Waals surface area contributed by atoms with Gasteiger partial charge in [-0.3, -0.25) is 14.8 Å². The number of methoxy groups -OCH3 is 1. The van der Waals surface area contributed by atoms with Crippen LogP contribution < -0.4 is 4.74 Å². The lowest BCUT2D eigenvalue weighted by Gasteiger charge is -2.04. The number of aromatic nitrogens is 4. The van der Waals surface area contributed by atoms with E-state index in [-0.39, 0.29) is 5.69 Å². The molecule has 0 aliphatic carbocycles. The van der Waals surface area contributed by atoms with Crippen LogP contribution in [0.1, 0.15) is 5.89 Å². The summed E-state index contributed by atoms with van der Waals surface area (Å²) in [7, 11) is 1.54. The fraction of sp³-hybridized carbons (Fsp3) is 0.214. The standard InChI is InChI=1S/C14H12ClN5O4/c1-23-12-3-2-9(15)6-11(12)14-17-13(24-18-14)4-5-19-8-10(7-16-19)20(21)22/h2-3,6-8H,4-5H2,1H3. The molecular weight excluding hydrogens is 338 g/mol. The molecule has 2 aromatic heterocycles. The van der Waals surface area contributed by atoms with Crippen LogP contribution in [0.2, 0.25) is 5.02 Å². The van der Waals surface area contributed by atoms with Crippen LogP contribution >= 0.6 is 11.6 Å². The van der Waals surface area contributed by atoms with Crippen molar-refractivity contribution < 1.29 is 14.2 Å². The van der Waals surface area contributed by atoms with Crippen molar-refractivity contribution in [3.05, 3.63) is 51.6 Å². The Hall–Kier alpha value is -2.94. The summed E-state index contributed by atoms with van der Waals surface area (Å²) in [5, 5.41) is 19.0. The normalized spacial score (nSPS) is 10.8. The van der Waals surface area contributed by atoms with E-state index in [0.29, 0.717) is 41.0 Å². The zero-order chi connectivity index (χ0) is 17.1. The van der Waals surface area contributed by atoms with Crippen LogP contribution in [0.3, 0.4) is 0 Å². The number of aryl methyl sites for hydroxylation is 2. The Balaban J connectivity index is 1.73. The van der Waals surface area contributed by atoms with Crippen molar-refractivity contribution in [3.8, 4) is 17.1 Å². The maximum atomic E-state index is 10.6. The van der Waals surface area contributed by atoms with Crippen molar-refractivity contribution in [2.45, 2.75) is 13.0 Å². The second kappa shape index (κ2) is 6.67. The van der Waals surface area contributed by atoms with Gasteiger partial charge in [0.05, 0.1) is 17.6 Å². The topological polar surface area (TPSA) is 109 Å². The van der Waals surface area contributed by atoms with Crippen LogP contribution in [0.15, 0.2) is 35.1 Å². The van der Waals surface area contributed by atoms with Gasteiger partial charge in [0.2, 0.25) is 11.7 Å². The fourth-order valence-electron chi connectivity index (χ4n) is 2.10. The SMILES string of the molecule is COc1ccc(Cl)cc1-c1noc(CCn2cc([N+](=O)[O-])cn2)n1. The van der Waals surface area contributed by atoms with Gasteiger partial charge in [-0.05, 0) is 18.2 Å². The van der Waals surface area contributed by atoms with Gasteiger partial charge in [-0.25, -0.2) is 0 Å². The van der Waals surface area contributed by atoms with E-state index in [0.717, 1.165) is 0 Å². The van der Waals surface area contributed by atoms with Crippen LogP contribution in [-0.2, 0) is 13.0 Å². The van der Waals surface area contributed by atoms with E-state index in [1.54, 1.807) is 25.3 Å². The predicted octanol–water partition coefficient (Wildman–Crippen LogP) is 2.75. The first-order valence-electron chi connectivity index (χ1n) is 6.90. The summed E-state index contributed by atoms with van der Waals surface area (Å²) in [6.45, 7) is 0.377. The minimum atomic E-state index is -0.500. The van der Waals surface area contributed by atoms with E-state index < -0.39 is 4.92 Å². The summed E-state index contributed by atoms with van der Waals surface area (Å²) in [4.78, 5) is 14.4. The van der Waals surface area contributed by atoms with E-state index in [4.69, 9.17) is 20.9 Å². The third-order valence-corrected chi connectivity index (χ3v) is 3.49. The molecule has 124 valence electrons. The summed E-state index contributed by atoms with van der Waals surface area (Å²) >= 11 is 5.99. The quantitative estimate of drug-likeness (QED) is 0.497. The van der Waals surface area contributed by atoms with Crippen molar-refractivity contribution in [2.75, 3.05) is 7.11 Å². The number of hydrogen-bond donors (Lipinski definition) is 0. The molecular formula is C14H12ClN5O4.